The standard InChI is InChI=1S/C16H25N7O2/c1-5-9(2)19-13(24)6-7-18-14(25)8-12-10(3)20-16-21-15(17)22-23(16)11(12)4/h9H,5-8H2,1-4H3,(H2,17,22)(H,18,25)(H,19,24)/t9-/m0/s1. The summed E-state index contributed by atoms with van der Waals surface area (Å²) in [5.41, 5.74) is 7.86. The number of nitrogens with one attached hydrogen (secondary N) is 2. The molecule has 2 aromatic heterocycles. The predicted molar refractivity (Wildman–Crippen MR) is 93.9 cm³/mol. The van der Waals surface area contributed by atoms with Gasteiger partial charge in [-0.3, -0.25) is 9.59 Å². The molecule has 0 aromatic carbocycles. The van der Waals surface area contributed by atoms with Crippen LogP contribution in [0, 0.1) is 13.8 Å². The first-order valence-electron chi connectivity index (χ1n) is 8.36. The van der Waals surface area contributed by atoms with E-state index in [-0.39, 0.29) is 36.6 Å². The molecule has 0 saturated carbocycles. The van der Waals surface area contributed by atoms with Gasteiger partial charge in [-0.05, 0) is 27.2 Å². The Bertz CT molecular complexity index is 784. The van der Waals surface area contributed by atoms with Gasteiger partial charge in [-0.1, -0.05) is 6.92 Å². The van der Waals surface area contributed by atoms with Crippen LogP contribution in [0.15, 0.2) is 0 Å². The quantitative estimate of drug-likeness (QED) is 0.660. The molecule has 0 radical (unpaired) electrons. The highest BCUT2D eigenvalue weighted by molar-refractivity contribution is 5.81. The van der Waals surface area contributed by atoms with Crippen LogP contribution in [-0.2, 0) is 16.0 Å². The molecule has 25 heavy (non-hydrogen) atoms. The van der Waals surface area contributed by atoms with Gasteiger partial charge >= 0.3 is 0 Å². The predicted octanol–water partition coefficient (Wildman–Crippen LogP) is 0.287. The average molecular weight is 347 g/mol. The molecule has 1 atom stereocenters. The molecule has 9 heteroatoms. The molecular formula is C16H25N7O2. The van der Waals surface area contributed by atoms with Gasteiger partial charge in [0.05, 0.1) is 6.42 Å². The lowest BCUT2D eigenvalue weighted by molar-refractivity contribution is -0.122. The molecule has 2 rings (SSSR count). The van der Waals surface area contributed by atoms with Gasteiger partial charge in [0.2, 0.25) is 17.8 Å². The summed E-state index contributed by atoms with van der Waals surface area (Å²) >= 11 is 0. The maximum absolute atomic E-state index is 12.2. The van der Waals surface area contributed by atoms with E-state index in [1.807, 2.05) is 27.7 Å². The number of rotatable bonds is 7. The number of carbonyl (C=O) groups excluding carboxylic acids is 2. The molecule has 0 spiro atoms. The molecule has 136 valence electrons. The lowest BCUT2D eigenvalue weighted by Gasteiger charge is -2.12. The van der Waals surface area contributed by atoms with Crippen LogP contribution in [0.5, 0.6) is 0 Å². The molecule has 0 saturated heterocycles. The average Bonchev–Trinajstić information content (AvgIpc) is 2.91. The van der Waals surface area contributed by atoms with Gasteiger partial charge in [0.25, 0.3) is 5.78 Å². The first kappa shape index (κ1) is 18.6. The van der Waals surface area contributed by atoms with Crippen LogP contribution in [0.2, 0.25) is 0 Å². The molecule has 0 aliphatic rings. The minimum Gasteiger partial charge on any atom is -0.366 e. The minimum absolute atomic E-state index is 0.0665. The maximum atomic E-state index is 12.2. The van der Waals surface area contributed by atoms with E-state index in [9.17, 15) is 9.59 Å². The number of amides is 2. The number of nitrogens with two attached hydrogens (primary N) is 1. The SMILES string of the molecule is CC[C@H](C)NC(=O)CCNC(=O)Cc1c(C)nc2nc(N)nn2c1C. The van der Waals surface area contributed by atoms with Crippen molar-refractivity contribution in [2.75, 3.05) is 12.3 Å². The number of nitrogen functional groups attached to an aromatic ring is 1. The summed E-state index contributed by atoms with van der Waals surface area (Å²) < 4.78 is 1.53. The van der Waals surface area contributed by atoms with Crippen molar-refractivity contribution in [3.8, 4) is 0 Å². The third-order valence-electron chi connectivity index (χ3n) is 4.10. The van der Waals surface area contributed by atoms with E-state index in [1.165, 1.54) is 4.52 Å². The summed E-state index contributed by atoms with van der Waals surface area (Å²) in [6.45, 7) is 7.91. The van der Waals surface area contributed by atoms with Crippen molar-refractivity contribution >= 4 is 23.5 Å². The van der Waals surface area contributed by atoms with Gasteiger partial charge < -0.3 is 16.4 Å². The van der Waals surface area contributed by atoms with Gasteiger partial charge in [-0.2, -0.15) is 9.50 Å². The van der Waals surface area contributed by atoms with E-state index in [0.29, 0.717) is 18.0 Å². The largest absolute Gasteiger partial charge is 0.366 e. The Morgan fingerprint density at radius 1 is 1.24 bits per heavy atom. The van der Waals surface area contributed by atoms with Crippen LogP contribution in [0.3, 0.4) is 0 Å². The zero-order chi connectivity index (χ0) is 18.6. The van der Waals surface area contributed by atoms with Crippen LogP contribution >= 0.6 is 0 Å². The van der Waals surface area contributed by atoms with E-state index < -0.39 is 0 Å². The van der Waals surface area contributed by atoms with E-state index >= 15 is 0 Å². The Balaban J connectivity index is 1.94. The second-order valence-corrected chi connectivity index (χ2v) is 6.10. The number of fused-ring (bicyclic) bond motifs is 1. The summed E-state index contributed by atoms with van der Waals surface area (Å²) in [5, 5.41) is 9.71. The molecule has 2 amide bonds. The fraction of sp³-hybridized carbons (Fsp3) is 0.562. The summed E-state index contributed by atoms with van der Waals surface area (Å²) in [6.07, 6.45) is 1.29. The number of aryl methyl sites for hydroxylation is 2. The van der Waals surface area contributed by atoms with Crippen molar-refractivity contribution in [1.29, 1.82) is 0 Å². The van der Waals surface area contributed by atoms with Crippen molar-refractivity contribution in [1.82, 2.24) is 30.2 Å². The first-order chi connectivity index (χ1) is 11.8. The Labute approximate surface area is 146 Å². The summed E-state index contributed by atoms with van der Waals surface area (Å²) in [4.78, 5) is 32.2. The Hall–Kier alpha value is -2.71. The molecule has 0 aliphatic carbocycles. The monoisotopic (exact) mass is 347 g/mol. The third-order valence-corrected chi connectivity index (χ3v) is 4.10. The molecule has 0 bridgehead atoms. The van der Waals surface area contributed by atoms with Gasteiger partial charge in [0, 0.05) is 36.0 Å². The third kappa shape index (κ3) is 4.65. The van der Waals surface area contributed by atoms with Crippen molar-refractivity contribution in [2.45, 2.75) is 53.0 Å². The highest BCUT2D eigenvalue weighted by Crippen LogP contribution is 2.14. The lowest BCUT2D eigenvalue weighted by atomic mass is 10.1. The number of carbonyl (C=O) groups is 2. The van der Waals surface area contributed by atoms with E-state index in [1.54, 1.807) is 0 Å². The number of hydrogen-bond donors (Lipinski definition) is 3. The second kappa shape index (κ2) is 7.91. The molecule has 2 aromatic rings. The zero-order valence-corrected chi connectivity index (χ0v) is 15.1. The summed E-state index contributed by atoms with van der Waals surface area (Å²) in [6, 6.07) is 0.140. The first-order valence-corrected chi connectivity index (χ1v) is 8.36. The second-order valence-electron chi connectivity index (χ2n) is 6.10. The Kier molecular flexibility index (Phi) is 5.89. The Morgan fingerprint density at radius 2 is 1.96 bits per heavy atom. The van der Waals surface area contributed by atoms with Crippen LogP contribution in [0.4, 0.5) is 5.95 Å². The minimum atomic E-state index is -0.170. The topological polar surface area (TPSA) is 127 Å². The van der Waals surface area contributed by atoms with Crippen molar-refractivity contribution in [3.05, 3.63) is 17.0 Å². The molecule has 0 unspecified atom stereocenters. The smallest absolute Gasteiger partial charge is 0.254 e. The van der Waals surface area contributed by atoms with Crippen molar-refractivity contribution < 1.29 is 9.59 Å². The Morgan fingerprint density at radius 3 is 2.64 bits per heavy atom. The van der Waals surface area contributed by atoms with E-state index in [0.717, 1.165) is 17.7 Å². The molecule has 0 aliphatic heterocycles. The van der Waals surface area contributed by atoms with E-state index in [4.69, 9.17) is 5.73 Å². The van der Waals surface area contributed by atoms with Gasteiger partial charge in [0.15, 0.2) is 0 Å². The molecule has 0 fully saturated rings. The number of anilines is 1. The summed E-state index contributed by atoms with van der Waals surface area (Å²) in [5.74, 6) is 0.322. The molecule has 4 N–H and O–H groups in total. The highest BCUT2D eigenvalue weighted by Gasteiger charge is 2.15. The number of hydrogen-bond acceptors (Lipinski definition) is 6. The van der Waals surface area contributed by atoms with Crippen LogP contribution in [-0.4, -0.2) is 44.0 Å². The van der Waals surface area contributed by atoms with Crippen LogP contribution in [0.1, 0.15) is 43.6 Å². The molecule has 9 nitrogen and oxygen atoms in total. The molecular weight excluding hydrogens is 322 g/mol. The number of aromatic nitrogens is 4. The maximum Gasteiger partial charge on any atom is 0.254 e. The molecule has 2 heterocycles. The van der Waals surface area contributed by atoms with Crippen LogP contribution in [0.25, 0.3) is 5.78 Å². The summed E-state index contributed by atoms with van der Waals surface area (Å²) in [7, 11) is 0. The highest BCUT2D eigenvalue weighted by atomic mass is 16.2. The van der Waals surface area contributed by atoms with Crippen LogP contribution < -0.4 is 16.4 Å². The lowest BCUT2D eigenvalue weighted by Crippen LogP contribution is -2.35. The van der Waals surface area contributed by atoms with Gasteiger partial charge in [-0.25, -0.2) is 4.98 Å². The zero-order valence-electron chi connectivity index (χ0n) is 15.1. The fourth-order valence-corrected chi connectivity index (χ4v) is 2.47. The normalized spacial score (nSPS) is 12.2. The number of nitrogens with zero attached hydrogens (tertiary/aromatic N) is 4. The fourth-order valence-electron chi connectivity index (χ4n) is 2.47. The van der Waals surface area contributed by atoms with Crippen molar-refractivity contribution in [3.63, 3.8) is 0 Å². The van der Waals surface area contributed by atoms with Gasteiger partial charge in [0.1, 0.15) is 0 Å². The van der Waals surface area contributed by atoms with E-state index in [2.05, 4.69) is 25.7 Å². The van der Waals surface area contributed by atoms with Crippen molar-refractivity contribution in [2.24, 2.45) is 0 Å². The van der Waals surface area contributed by atoms with Gasteiger partial charge in [-0.15, -0.1) is 5.10 Å².